The molecule has 2 aromatic rings. The highest BCUT2D eigenvalue weighted by molar-refractivity contribution is 5.51. The van der Waals surface area contributed by atoms with Crippen LogP contribution in [-0.2, 0) is 4.74 Å². The quantitative estimate of drug-likeness (QED) is 0.924. The summed E-state index contributed by atoms with van der Waals surface area (Å²) in [4.78, 5) is 20.2. The summed E-state index contributed by atoms with van der Waals surface area (Å²) in [5.74, 6) is 1.31. The van der Waals surface area contributed by atoms with Crippen LogP contribution in [0.4, 0.5) is 11.8 Å². The summed E-state index contributed by atoms with van der Waals surface area (Å²) in [5, 5.41) is 3.23. The maximum absolute atomic E-state index is 5.52. The van der Waals surface area contributed by atoms with E-state index in [1.54, 1.807) is 30.9 Å². The van der Waals surface area contributed by atoms with Gasteiger partial charge in [0.15, 0.2) is 5.82 Å². The standard InChI is InChI=1S/C17H22N6O/c1-3-14(23(10-1)13-4-11-24-12-5-13)15-16(19-9-8-18-15)22-17-20-6-2-7-21-17/h2,6-9,13-14H,1,3-5,10-12H2,(H,19,20,21,22)/t14-/m0/s1. The zero-order valence-corrected chi connectivity index (χ0v) is 13.6. The van der Waals surface area contributed by atoms with Crippen molar-refractivity contribution in [3.05, 3.63) is 36.5 Å². The number of hydrogen-bond donors (Lipinski definition) is 1. The van der Waals surface area contributed by atoms with E-state index in [-0.39, 0.29) is 0 Å². The normalized spacial score (nSPS) is 22.6. The Kier molecular flexibility index (Phi) is 4.62. The molecule has 2 aliphatic heterocycles. The molecule has 0 unspecified atom stereocenters. The first-order valence-electron chi connectivity index (χ1n) is 8.60. The van der Waals surface area contributed by atoms with Gasteiger partial charge in [0, 0.05) is 44.0 Å². The monoisotopic (exact) mass is 326 g/mol. The lowest BCUT2D eigenvalue weighted by atomic mass is 10.0. The zero-order valence-electron chi connectivity index (χ0n) is 13.6. The van der Waals surface area contributed by atoms with Gasteiger partial charge >= 0.3 is 0 Å². The largest absolute Gasteiger partial charge is 0.381 e. The summed E-state index contributed by atoms with van der Waals surface area (Å²) in [6.45, 7) is 2.84. The minimum Gasteiger partial charge on any atom is -0.381 e. The zero-order chi connectivity index (χ0) is 16.2. The Labute approximate surface area is 141 Å². The summed E-state index contributed by atoms with van der Waals surface area (Å²) >= 11 is 0. The number of hydrogen-bond acceptors (Lipinski definition) is 7. The maximum Gasteiger partial charge on any atom is 0.228 e. The van der Waals surface area contributed by atoms with Gasteiger partial charge in [-0.3, -0.25) is 9.88 Å². The molecule has 0 aromatic carbocycles. The lowest BCUT2D eigenvalue weighted by Crippen LogP contribution is -2.39. The SMILES string of the molecule is c1cnc(Nc2nccnc2[C@@H]2CCCN2C2CCOCC2)nc1. The minimum atomic E-state index is 0.299. The fourth-order valence-electron chi connectivity index (χ4n) is 3.69. The number of nitrogens with one attached hydrogen (secondary N) is 1. The average Bonchev–Trinajstić information content (AvgIpc) is 3.13. The fourth-order valence-corrected chi connectivity index (χ4v) is 3.69. The first-order valence-corrected chi connectivity index (χ1v) is 8.60. The summed E-state index contributed by atoms with van der Waals surface area (Å²) < 4.78 is 5.52. The molecular weight excluding hydrogens is 304 g/mol. The number of rotatable bonds is 4. The third-order valence-corrected chi connectivity index (χ3v) is 4.79. The number of nitrogens with zero attached hydrogens (tertiary/aromatic N) is 5. The molecule has 0 aliphatic carbocycles. The van der Waals surface area contributed by atoms with Crippen molar-refractivity contribution in [3.8, 4) is 0 Å². The number of likely N-dealkylation sites (tertiary alicyclic amines) is 1. The smallest absolute Gasteiger partial charge is 0.228 e. The molecule has 7 heteroatoms. The van der Waals surface area contributed by atoms with Gasteiger partial charge in [-0.25, -0.2) is 15.0 Å². The predicted molar refractivity (Wildman–Crippen MR) is 89.9 cm³/mol. The van der Waals surface area contributed by atoms with Gasteiger partial charge in [-0.1, -0.05) is 0 Å². The van der Waals surface area contributed by atoms with Crippen LogP contribution in [0.25, 0.3) is 0 Å². The third kappa shape index (κ3) is 3.22. The molecule has 1 atom stereocenters. The highest BCUT2D eigenvalue weighted by Gasteiger charge is 2.35. The maximum atomic E-state index is 5.52. The van der Waals surface area contributed by atoms with Crippen LogP contribution in [0, 0.1) is 0 Å². The second-order valence-corrected chi connectivity index (χ2v) is 6.23. The first kappa shape index (κ1) is 15.4. The van der Waals surface area contributed by atoms with E-state index in [1.165, 1.54) is 6.42 Å². The Hall–Kier alpha value is -2.12. The Balaban J connectivity index is 1.58. The van der Waals surface area contributed by atoms with Crippen molar-refractivity contribution in [3.63, 3.8) is 0 Å². The molecule has 0 bridgehead atoms. The second kappa shape index (κ2) is 7.19. The van der Waals surface area contributed by atoms with Crippen LogP contribution >= 0.6 is 0 Å². The molecule has 2 fully saturated rings. The lowest BCUT2D eigenvalue weighted by Gasteiger charge is -2.35. The van der Waals surface area contributed by atoms with Crippen molar-refractivity contribution in [1.82, 2.24) is 24.8 Å². The second-order valence-electron chi connectivity index (χ2n) is 6.23. The lowest BCUT2D eigenvalue weighted by molar-refractivity contribution is 0.0286. The highest BCUT2D eigenvalue weighted by Crippen LogP contribution is 2.37. The molecule has 0 radical (unpaired) electrons. The molecule has 2 aromatic heterocycles. The van der Waals surface area contributed by atoms with E-state index >= 15 is 0 Å². The summed E-state index contributed by atoms with van der Waals surface area (Å²) in [7, 11) is 0. The fraction of sp³-hybridized carbons (Fsp3) is 0.529. The molecule has 0 saturated carbocycles. The molecule has 1 N–H and O–H groups in total. The Morgan fingerprint density at radius 3 is 2.58 bits per heavy atom. The van der Waals surface area contributed by atoms with Gasteiger partial charge in [-0.15, -0.1) is 0 Å². The van der Waals surface area contributed by atoms with Crippen molar-refractivity contribution in [2.45, 2.75) is 37.8 Å². The van der Waals surface area contributed by atoms with E-state index in [9.17, 15) is 0 Å². The van der Waals surface area contributed by atoms with Gasteiger partial charge < -0.3 is 10.1 Å². The van der Waals surface area contributed by atoms with Gasteiger partial charge in [-0.05, 0) is 38.3 Å². The van der Waals surface area contributed by atoms with E-state index in [0.29, 0.717) is 18.0 Å². The van der Waals surface area contributed by atoms with Crippen LogP contribution in [0.3, 0.4) is 0 Å². The Morgan fingerprint density at radius 2 is 1.75 bits per heavy atom. The molecule has 126 valence electrons. The number of ether oxygens (including phenoxy) is 1. The van der Waals surface area contributed by atoms with Gasteiger partial charge in [0.05, 0.1) is 6.04 Å². The third-order valence-electron chi connectivity index (χ3n) is 4.79. The highest BCUT2D eigenvalue weighted by atomic mass is 16.5. The summed E-state index contributed by atoms with van der Waals surface area (Å²) in [5.41, 5.74) is 0.994. The first-order chi connectivity index (χ1) is 11.9. The van der Waals surface area contributed by atoms with Crippen molar-refractivity contribution in [2.75, 3.05) is 25.1 Å². The van der Waals surface area contributed by atoms with E-state index in [0.717, 1.165) is 50.5 Å². The molecule has 2 aliphatic rings. The van der Waals surface area contributed by atoms with Gasteiger partial charge in [0.1, 0.15) is 5.69 Å². The number of anilines is 2. The van der Waals surface area contributed by atoms with Gasteiger partial charge in [-0.2, -0.15) is 0 Å². The van der Waals surface area contributed by atoms with Crippen molar-refractivity contribution in [1.29, 1.82) is 0 Å². The predicted octanol–water partition coefficient (Wildman–Crippen LogP) is 2.33. The van der Waals surface area contributed by atoms with Crippen molar-refractivity contribution >= 4 is 11.8 Å². The molecule has 4 rings (SSSR count). The molecular formula is C17H22N6O. The molecule has 2 saturated heterocycles. The van der Waals surface area contributed by atoms with E-state index < -0.39 is 0 Å². The average molecular weight is 326 g/mol. The molecule has 24 heavy (non-hydrogen) atoms. The molecule has 7 nitrogen and oxygen atoms in total. The van der Waals surface area contributed by atoms with Crippen LogP contribution < -0.4 is 5.32 Å². The van der Waals surface area contributed by atoms with E-state index in [2.05, 4.69) is 30.2 Å². The van der Waals surface area contributed by atoms with Crippen LogP contribution in [0.5, 0.6) is 0 Å². The van der Waals surface area contributed by atoms with Gasteiger partial charge in [0.25, 0.3) is 0 Å². The summed E-state index contributed by atoms with van der Waals surface area (Å²) in [6.07, 6.45) is 11.4. The Morgan fingerprint density at radius 1 is 0.958 bits per heavy atom. The molecule has 0 amide bonds. The molecule has 0 spiro atoms. The van der Waals surface area contributed by atoms with E-state index in [1.807, 2.05) is 0 Å². The van der Waals surface area contributed by atoms with Crippen LogP contribution in [0.15, 0.2) is 30.9 Å². The Bertz CT molecular complexity index is 661. The minimum absolute atomic E-state index is 0.299. The number of aromatic nitrogens is 4. The topological polar surface area (TPSA) is 76.1 Å². The van der Waals surface area contributed by atoms with Gasteiger partial charge in [0.2, 0.25) is 5.95 Å². The van der Waals surface area contributed by atoms with Crippen LogP contribution in [0.1, 0.15) is 37.4 Å². The van der Waals surface area contributed by atoms with Crippen molar-refractivity contribution in [2.24, 2.45) is 0 Å². The summed E-state index contributed by atoms with van der Waals surface area (Å²) in [6, 6.07) is 2.68. The van der Waals surface area contributed by atoms with E-state index in [4.69, 9.17) is 4.74 Å². The molecule has 4 heterocycles. The van der Waals surface area contributed by atoms with Crippen molar-refractivity contribution < 1.29 is 4.74 Å². The van der Waals surface area contributed by atoms with Crippen LogP contribution in [-0.4, -0.2) is 50.6 Å². The van der Waals surface area contributed by atoms with Crippen LogP contribution in [0.2, 0.25) is 0 Å².